The quantitative estimate of drug-likeness (QED) is 0.0323. The molecule has 4 rings (SSSR count). The van der Waals surface area contributed by atoms with Gasteiger partial charge in [-0.05, 0) is 30.4 Å². The standard InChI is InChI=1S/C39H53N6O9PS2.2Na.2H/c1-25(2)34(43-38(48)45(6)21-30-23-56-36(42-30)26(3)4)35(46)44-39(40,18-29-15-11-8-12-16-29)19-33(53-27(5)54-55(49,50)51)32(17-28-13-9-7-10-14-28)37(47)52-22-31-20-41-24-57-31;;;;/h7-16,20,23-27,32-34H,17-19,21-22,40H2,1-6H3,(H,43,48)(H,44,46)(H2,49,50,51);;;;/q;2*+1;2*-1/t27?,32-,33-,34-,39-;;;;/m0..../s1. The maximum absolute atomic E-state index is 14.3. The third-order valence-electron chi connectivity index (χ3n) is 8.88. The molecular weight excluding hydrogens is 838 g/mol. The summed E-state index contributed by atoms with van der Waals surface area (Å²) in [6.45, 7) is 9.12. The van der Waals surface area contributed by atoms with Crippen LogP contribution in [0.4, 0.5) is 4.79 Å². The van der Waals surface area contributed by atoms with E-state index >= 15 is 0 Å². The number of esters is 1. The number of rotatable bonds is 21. The van der Waals surface area contributed by atoms with Crippen LogP contribution in [0.25, 0.3) is 0 Å². The fourth-order valence-electron chi connectivity index (χ4n) is 6.11. The van der Waals surface area contributed by atoms with E-state index in [1.165, 1.54) is 34.5 Å². The van der Waals surface area contributed by atoms with Crippen molar-refractivity contribution in [2.45, 2.75) is 97.0 Å². The Hall–Kier alpha value is -2.06. The molecule has 0 saturated carbocycles. The third kappa shape index (κ3) is 18.1. The van der Waals surface area contributed by atoms with Crippen molar-refractivity contribution < 1.29 is 105 Å². The van der Waals surface area contributed by atoms with Crippen LogP contribution in [0.2, 0.25) is 0 Å². The Morgan fingerprint density at radius 3 is 2.15 bits per heavy atom. The van der Waals surface area contributed by atoms with Gasteiger partial charge in [-0.15, -0.1) is 22.7 Å². The summed E-state index contributed by atoms with van der Waals surface area (Å²) in [4.78, 5) is 71.9. The van der Waals surface area contributed by atoms with Gasteiger partial charge in [0, 0.05) is 37.4 Å². The zero-order valence-corrected chi connectivity index (χ0v) is 41.5. The molecule has 0 fully saturated rings. The van der Waals surface area contributed by atoms with Crippen LogP contribution in [0, 0.1) is 11.8 Å². The molecule has 2 heterocycles. The number of thiazole rings is 2. The maximum atomic E-state index is 14.3. The number of benzene rings is 2. The van der Waals surface area contributed by atoms with Gasteiger partial charge < -0.3 is 43.4 Å². The molecule has 4 aromatic rings. The average molecular weight is 893 g/mol. The SMILES string of the molecule is CC(O[C@@H](C[C@](N)(Cc1ccccc1)NC(=O)[C@@H](NC(=O)N(C)Cc1csc(C(C)C)n1)C(C)C)[C@H](Cc1ccccc1)C(=O)OCc1cncs1)OP(=O)(O)O.[H-].[H-].[Na+].[Na+]. The second-order valence-electron chi connectivity index (χ2n) is 14.6. The number of carbonyl (C=O) groups is 3. The molecule has 0 spiro atoms. The normalized spacial score (nSPS) is 14.5. The number of ether oxygens (including phenoxy) is 2. The molecule has 20 heteroatoms. The van der Waals surface area contributed by atoms with Crippen LogP contribution in [0.3, 0.4) is 0 Å². The number of hydrogen-bond donors (Lipinski definition) is 5. The zero-order chi connectivity index (χ0) is 41.8. The Balaban J connectivity index is 0.00000900. The summed E-state index contributed by atoms with van der Waals surface area (Å²) in [7, 11) is -3.42. The summed E-state index contributed by atoms with van der Waals surface area (Å²) in [5.41, 5.74) is 9.35. The molecule has 0 aliphatic heterocycles. The van der Waals surface area contributed by atoms with Gasteiger partial charge in [0.2, 0.25) is 5.91 Å². The molecule has 6 N–H and O–H groups in total. The molecule has 0 radical (unpaired) electrons. The van der Waals surface area contributed by atoms with Crippen molar-refractivity contribution in [2.24, 2.45) is 17.6 Å². The fourth-order valence-corrected chi connectivity index (χ4v) is 7.88. The predicted molar refractivity (Wildman–Crippen MR) is 220 cm³/mol. The minimum atomic E-state index is -5.04. The smallest absolute Gasteiger partial charge is 1.00 e. The Bertz CT molecular complexity index is 1940. The average Bonchev–Trinajstić information content (AvgIpc) is 3.84. The van der Waals surface area contributed by atoms with E-state index in [0.29, 0.717) is 4.88 Å². The minimum Gasteiger partial charge on any atom is -1.00 e. The second-order valence-corrected chi connectivity index (χ2v) is 17.6. The van der Waals surface area contributed by atoms with Crippen molar-refractivity contribution in [1.82, 2.24) is 25.5 Å². The third-order valence-corrected chi connectivity index (χ3v) is 11.4. The first kappa shape index (κ1) is 53.1. The molecule has 314 valence electrons. The number of hydrogen-bond acceptors (Lipinski definition) is 12. The number of nitrogens with one attached hydrogen (secondary N) is 2. The van der Waals surface area contributed by atoms with Crippen molar-refractivity contribution >= 4 is 48.4 Å². The van der Waals surface area contributed by atoms with E-state index in [2.05, 4.69) is 20.6 Å². The number of amides is 3. The Morgan fingerprint density at radius 2 is 1.61 bits per heavy atom. The molecule has 3 amide bonds. The van der Waals surface area contributed by atoms with Gasteiger partial charge in [-0.3, -0.25) is 19.1 Å². The number of phosphoric acid groups is 1. The molecule has 0 saturated heterocycles. The predicted octanol–water partition coefficient (Wildman–Crippen LogP) is -0.0312. The van der Waals surface area contributed by atoms with Crippen molar-refractivity contribution in [1.29, 1.82) is 0 Å². The number of urea groups is 1. The number of nitrogens with two attached hydrogens (primary N) is 1. The van der Waals surface area contributed by atoms with Gasteiger partial charge in [-0.1, -0.05) is 88.4 Å². The molecule has 2 aromatic carbocycles. The first-order valence-corrected chi connectivity index (χ1v) is 21.8. The zero-order valence-electron chi connectivity index (χ0n) is 36.9. The van der Waals surface area contributed by atoms with Gasteiger partial charge in [0.15, 0.2) is 6.29 Å². The first-order chi connectivity index (χ1) is 26.9. The van der Waals surface area contributed by atoms with Crippen LogP contribution in [0.1, 0.15) is 76.5 Å². The van der Waals surface area contributed by atoms with Crippen LogP contribution in [-0.2, 0) is 54.1 Å². The molecule has 0 aliphatic carbocycles. The minimum absolute atomic E-state index is 0. The van der Waals surface area contributed by atoms with Gasteiger partial charge in [0.05, 0.1) is 45.3 Å². The van der Waals surface area contributed by atoms with Crippen LogP contribution in [0.15, 0.2) is 77.8 Å². The molecule has 59 heavy (non-hydrogen) atoms. The first-order valence-electron chi connectivity index (χ1n) is 18.5. The maximum Gasteiger partial charge on any atom is 1.00 e. The van der Waals surface area contributed by atoms with Crippen LogP contribution >= 0.6 is 30.5 Å². The van der Waals surface area contributed by atoms with Crippen molar-refractivity contribution in [3.63, 3.8) is 0 Å². The summed E-state index contributed by atoms with van der Waals surface area (Å²) in [5, 5.41) is 8.67. The summed E-state index contributed by atoms with van der Waals surface area (Å²) in [6.07, 6.45) is -1.30. The van der Waals surface area contributed by atoms with Crippen molar-refractivity contribution in [3.8, 4) is 0 Å². The van der Waals surface area contributed by atoms with Crippen LogP contribution in [0.5, 0.6) is 0 Å². The Kier molecular flexibility index (Phi) is 22.6. The van der Waals surface area contributed by atoms with Gasteiger partial charge in [-0.25, -0.2) is 14.3 Å². The van der Waals surface area contributed by atoms with E-state index in [-0.39, 0.29) is 106 Å². The van der Waals surface area contributed by atoms with E-state index in [1.54, 1.807) is 32.6 Å². The van der Waals surface area contributed by atoms with E-state index in [1.807, 2.05) is 79.9 Å². The van der Waals surface area contributed by atoms with E-state index in [4.69, 9.17) is 19.7 Å². The van der Waals surface area contributed by atoms with Gasteiger partial charge >= 0.3 is 78.9 Å². The van der Waals surface area contributed by atoms with Gasteiger partial charge in [-0.2, -0.15) is 0 Å². The number of carbonyl (C=O) groups excluding carboxylic acids is 3. The Morgan fingerprint density at radius 1 is 0.983 bits per heavy atom. The van der Waals surface area contributed by atoms with Crippen molar-refractivity contribution in [3.05, 3.63) is 104 Å². The fraction of sp³-hybridized carbons (Fsp3) is 0.462. The van der Waals surface area contributed by atoms with Gasteiger partial charge in [0.25, 0.3) is 0 Å². The summed E-state index contributed by atoms with van der Waals surface area (Å²) in [6, 6.07) is 16.7. The van der Waals surface area contributed by atoms with Crippen LogP contribution in [-0.4, -0.2) is 73.7 Å². The topological polar surface area (TPSA) is 216 Å². The number of phosphoric ester groups is 1. The molecule has 1 unspecified atom stereocenters. The molecule has 5 atom stereocenters. The van der Waals surface area contributed by atoms with Crippen molar-refractivity contribution in [2.75, 3.05) is 7.05 Å². The molecule has 15 nitrogen and oxygen atoms in total. The summed E-state index contributed by atoms with van der Waals surface area (Å²) in [5.74, 6) is -2.50. The number of aromatic nitrogens is 2. The van der Waals surface area contributed by atoms with E-state index < -0.39 is 55.7 Å². The summed E-state index contributed by atoms with van der Waals surface area (Å²) >= 11 is 2.83. The van der Waals surface area contributed by atoms with Gasteiger partial charge in [0.1, 0.15) is 12.6 Å². The molecular formula is C39H55N6Na2O9PS2. The summed E-state index contributed by atoms with van der Waals surface area (Å²) < 4.78 is 28.7. The number of nitrogens with zero attached hydrogens (tertiary/aromatic N) is 3. The van der Waals surface area contributed by atoms with E-state index in [0.717, 1.165) is 21.8 Å². The van der Waals surface area contributed by atoms with Crippen LogP contribution < -0.4 is 75.5 Å². The Labute approximate surface area is 401 Å². The largest absolute Gasteiger partial charge is 1.00 e. The van der Waals surface area contributed by atoms with E-state index in [9.17, 15) is 28.7 Å². The molecule has 0 bridgehead atoms. The molecule has 0 aliphatic rings. The molecule has 2 aromatic heterocycles. The second kappa shape index (κ2) is 25.1. The monoisotopic (exact) mass is 892 g/mol.